The van der Waals surface area contributed by atoms with Crippen LogP contribution in [0, 0.1) is 0 Å². The molecule has 0 atom stereocenters. The van der Waals surface area contributed by atoms with Crippen LogP contribution in [0.2, 0.25) is 5.02 Å². The van der Waals surface area contributed by atoms with Gasteiger partial charge in [0.25, 0.3) is 0 Å². The molecular formula is C10H10ClN3O. The van der Waals surface area contributed by atoms with Crippen molar-refractivity contribution in [3.63, 3.8) is 0 Å². The SMILES string of the molecule is Nc1ccc(OCc2cnc[nH]2)c(Cl)c1. The van der Waals surface area contributed by atoms with E-state index in [2.05, 4.69) is 9.97 Å². The van der Waals surface area contributed by atoms with E-state index in [1.54, 1.807) is 30.7 Å². The third-order valence-corrected chi connectivity index (χ3v) is 2.19. The van der Waals surface area contributed by atoms with Crippen molar-refractivity contribution in [1.82, 2.24) is 9.97 Å². The van der Waals surface area contributed by atoms with Crippen molar-refractivity contribution in [2.75, 3.05) is 5.73 Å². The molecule has 4 nitrogen and oxygen atoms in total. The van der Waals surface area contributed by atoms with Gasteiger partial charge in [-0.3, -0.25) is 0 Å². The molecule has 0 aliphatic rings. The number of nitrogens with one attached hydrogen (secondary N) is 1. The molecule has 0 aliphatic heterocycles. The summed E-state index contributed by atoms with van der Waals surface area (Å²) in [4.78, 5) is 6.82. The van der Waals surface area contributed by atoms with Gasteiger partial charge in [0.05, 0.1) is 23.2 Å². The first kappa shape index (κ1) is 9.86. The van der Waals surface area contributed by atoms with Crippen molar-refractivity contribution in [2.24, 2.45) is 0 Å². The Bertz CT molecular complexity index is 442. The number of anilines is 1. The third kappa shape index (κ3) is 2.41. The quantitative estimate of drug-likeness (QED) is 0.785. The largest absolute Gasteiger partial charge is 0.486 e. The number of ether oxygens (including phenoxy) is 1. The van der Waals surface area contributed by atoms with Crippen LogP contribution in [0.15, 0.2) is 30.7 Å². The number of nitrogens with two attached hydrogens (primary N) is 1. The monoisotopic (exact) mass is 223 g/mol. The standard InChI is InChI=1S/C10H10ClN3O/c11-9-3-7(12)1-2-10(9)15-5-8-4-13-6-14-8/h1-4,6H,5,12H2,(H,13,14). The van der Waals surface area contributed by atoms with Crippen LogP contribution >= 0.6 is 11.6 Å². The summed E-state index contributed by atoms with van der Waals surface area (Å²) in [5.41, 5.74) is 7.07. The first-order chi connectivity index (χ1) is 7.25. The summed E-state index contributed by atoms with van der Waals surface area (Å²) in [6.07, 6.45) is 3.30. The molecule has 78 valence electrons. The second-order valence-electron chi connectivity index (χ2n) is 3.06. The molecule has 3 N–H and O–H groups in total. The Labute approximate surface area is 92.0 Å². The molecule has 0 bridgehead atoms. The first-order valence-electron chi connectivity index (χ1n) is 4.41. The van der Waals surface area contributed by atoms with Crippen LogP contribution in [0.3, 0.4) is 0 Å². The van der Waals surface area contributed by atoms with Crippen LogP contribution in [-0.2, 0) is 6.61 Å². The second-order valence-corrected chi connectivity index (χ2v) is 3.46. The summed E-state index contributed by atoms with van der Waals surface area (Å²) in [6, 6.07) is 5.14. The molecule has 1 aromatic heterocycles. The van der Waals surface area contributed by atoms with Crippen LogP contribution in [-0.4, -0.2) is 9.97 Å². The highest BCUT2D eigenvalue weighted by molar-refractivity contribution is 6.32. The Hall–Kier alpha value is -1.68. The fraction of sp³-hybridized carbons (Fsp3) is 0.100. The fourth-order valence-electron chi connectivity index (χ4n) is 1.15. The highest BCUT2D eigenvalue weighted by Crippen LogP contribution is 2.26. The number of aromatic nitrogens is 2. The first-order valence-corrected chi connectivity index (χ1v) is 4.78. The van der Waals surface area contributed by atoms with E-state index in [-0.39, 0.29) is 0 Å². The van der Waals surface area contributed by atoms with E-state index < -0.39 is 0 Å². The minimum Gasteiger partial charge on any atom is -0.486 e. The lowest BCUT2D eigenvalue weighted by atomic mass is 10.3. The van der Waals surface area contributed by atoms with Gasteiger partial charge in [0.15, 0.2) is 0 Å². The maximum absolute atomic E-state index is 5.94. The molecule has 0 radical (unpaired) electrons. The summed E-state index contributed by atoms with van der Waals surface area (Å²) < 4.78 is 5.48. The Morgan fingerprint density at radius 3 is 3.00 bits per heavy atom. The highest BCUT2D eigenvalue weighted by Gasteiger charge is 2.02. The summed E-state index contributed by atoms with van der Waals surface area (Å²) >= 11 is 5.94. The molecule has 0 saturated carbocycles. The number of nitrogen functional groups attached to an aromatic ring is 1. The minimum atomic E-state index is 0.406. The van der Waals surface area contributed by atoms with E-state index >= 15 is 0 Å². The zero-order valence-electron chi connectivity index (χ0n) is 7.90. The van der Waals surface area contributed by atoms with Crippen molar-refractivity contribution >= 4 is 17.3 Å². The molecule has 0 fully saturated rings. The van der Waals surface area contributed by atoms with Gasteiger partial charge in [-0.1, -0.05) is 11.6 Å². The van der Waals surface area contributed by atoms with Crippen LogP contribution in [0.1, 0.15) is 5.69 Å². The van der Waals surface area contributed by atoms with Gasteiger partial charge in [-0.05, 0) is 18.2 Å². The number of nitrogens with zero attached hydrogens (tertiary/aromatic N) is 1. The highest BCUT2D eigenvalue weighted by atomic mass is 35.5. The number of benzene rings is 1. The number of H-pyrrole nitrogens is 1. The predicted molar refractivity (Wildman–Crippen MR) is 58.8 cm³/mol. The lowest BCUT2D eigenvalue weighted by Crippen LogP contribution is -1.96. The fourth-order valence-corrected chi connectivity index (χ4v) is 1.40. The molecule has 0 unspecified atom stereocenters. The summed E-state index contributed by atoms with van der Waals surface area (Å²) in [7, 11) is 0. The number of hydrogen-bond acceptors (Lipinski definition) is 3. The maximum atomic E-state index is 5.94. The number of hydrogen-bond donors (Lipinski definition) is 2. The van der Waals surface area contributed by atoms with Crippen LogP contribution < -0.4 is 10.5 Å². The number of rotatable bonds is 3. The van der Waals surface area contributed by atoms with E-state index in [0.717, 1.165) is 5.69 Å². The van der Waals surface area contributed by atoms with Crippen LogP contribution in [0.5, 0.6) is 5.75 Å². The predicted octanol–water partition coefficient (Wildman–Crippen LogP) is 2.22. The Morgan fingerprint density at radius 2 is 2.33 bits per heavy atom. The Kier molecular flexibility index (Phi) is 2.78. The molecule has 1 aromatic carbocycles. The maximum Gasteiger partial charge on any atom is 0.138 e. The molecule has 1 heterocycles. The van der Waals surface area contributed by atoms with Gasteiger partial charge in [0.2, 0.25) is 0 Å². The lowest BCUT2D eigenvalue weighted by molar-refractivity contribution is 0.302. The third-order valence-electron chi connectivity index (χ3n) is 1.89. The second kappa shape index (κ2) is 4.23. The molecule has 0 spiro atoms. The van der Waals surface area contributed by atoms with Gasteiger partial charge in [0.1, 0.15) is 12.4 Å². The minimum absolute atomic E-state index is 0.406. The van der Waals surface area contributed by atoms with Gasteiger partial charge < -0.3 is 15.5 Å². The van der Waals surface area contributed by atoms with E-state index in [0.29, 0.717) is 23.1 Å². The molecule has 15 heavy (non-hydrogen) atoms. The number of halogens is 1. The molecule has 0 saturated heterocycles. The van der Waals surface area contributed by atoms with Crippen molar-refractivity contribution in [3.8, 4) is 5.75 Å². The van der Waals surface area contributed by atoms with E-state index in [9.17, 15) is 0 Å². The topological polar surface area (TPSA) is 63.9 Å². The van der Waals surface area contributed by atoms with Gasteiger partial charge in [-0.2, -0.15) is 0 Å². The average molecular weight is 224 g/mol. The van der Waals surface area contributed by atoms with Crippen molar-refractivity contribution in [2.45, 2.75) is 6.61 Å². The molecular weight excluding hydrogens is 214 g/mol. The number of aromatic amines is 1. The van der Waals surface area contributed by atoms with E-state index in [1.165, 1.54) is 0 Å². The molecule has 0 amide bonds. The van der Waals surface area contributed by atoms with Gasteiger partial charge >= 0.3 is 0 Å². The molecule has 5 heteroatoms. The van der Waals surface area contributed by atoms with Crippen LogP contribution in [0.25, 0.3) is 0 Å². The average Bonchev–Trinajstić information content (AvgIpc) is 2.69. The van der Waals surface area contributed by atoms with Crippen molar-refractivity contribution in [3.05, 3.63) is 41.4 Å². The van der Waals surface area contributed by atoms with Crippen molar-refractivity contribution in [1.29, 1.82) is 0 Å². The van der Waals surface area contributed by atoms with Gasteiger partial charge in [0, 0.05) is 5.69 Å². The molecule has 2 rings (SSSR count). The van der Waals surface area contributed by atoms with Gasteiger partial charge in [-0.15, -0.1) is 0 Å². The summed E-state index contributed by atoms with van der Waals surface area (Å²) in [6.45, 7) is 0.406. The van der Waals surface area contributed by atoms with Crippen molar-refractivity contribution < 1.29 is 4.74 Å². The normalized spacial score (nSPS) is 10.2. The summed E-state index contributed by atoms with van der Waals surface area (Å²) in [5, 5.41) is 0.509. The van der Waals surface area contributed by atoms with E-state index in [1.807, 2.05) is 0 Å². The zero-order chi connectivity index (χ0) is 10.7. The van der Waals surface area contributed by atoms with Gasteiger partial charge in [-0.25, -0.2) is 4.98 Å². The smallest absolute Gasteiger partial charge is 0.138 e. The van der Waals surface area contributed by atoms with Crippen LogP contribution in [0.4, 0.5) is 5.69 Å². The molecule has 0 aliphatic carbocycles. The lowest BCUT2D eigenvalue weighted by Gasteiger charge is -2.06. The summed E-state index contributed by atoms with van der Waals surface area (Å²) in [5.74, 6) is 0.612. The Morgan fingerprint density at radius 1 is 1.47 bits per heavy atom. The number of imidazole rings is 1. The van der Waals surface area contributed by atoms with E-state index in [4.69, 9.17) is 22.1 Å². The molecule has 2 aromatic rings. The Balaban J connectivity index is 2.05. The zero-order valence-corrected chi connectivity index (χ0v) is 8.66.